The molecule has 0 aromatic carbocycles. The van der Waals surface area contributed by atoms with Crippen molar-refractivity contribution in [3.8, 4) is 0 Å². The van der Waals surface area contributed by atoms with Crippen LogP contribution in [0.15, 0.2) is 0 Å². The number of carbonyl (C=O) groups excluding carboxylic acids is 1. The fourth-order valence-electron chi connectivity index (χ4n) is 3.73. The Kier molecular flexibility index (Phi) is 8.60. The highest BCUT2D eigenvalue weighted by molar-refractivity contribution is 5.85. The zero-order chi connectivity index (χ0) is 14.4. The van der Waals surface area contributed by atoms with Gasteiger partial charge in [0.2, 0.25) is 5.91 Å². The van der Waals surface area contributed by atoms with Gasteiger partial charge in [-0.2, -0.15) is 0 Å². The minimum Gasteiger partial charge on any atom is -0.381 e. The number of carbonyl (C=O) groups is 1. The molecule has 0 radical (unpaired) electrons. The van der Waals surface area contributed by atoms with Crippen molar-refractivity contribution in [3.63, 3.8) is 0 Å². The quantitative estimate of drug-likeness (QED) is 0.848. The van der Waals surface area contributed by atoms with E-state index in [4.69, 9.17) is 10.5 Å². The third kappa shape index (κ3) is 5.42. The number of rotatable bonds is 5. The molecular weight excluding hydrogens is 288 g/mol. The van der Waals surface area contributed by atoms with E-state index in [0.717, 1.165) is 31.7 Å². The summed E-state index contributed by atoms with van der Waals surface area (Å²) in [5.74, 6) is 1.08. The molecule has 21 heavy (non-hydrogen) atoms. The number of nitrogens with zero attached hydrogens (tertiary/aromatic N) is 1. The molecule has 5 heteroatoms. The highest BCUT2D eigenvalue weighted by atomic mass is 35.5. The molecule has 1 heterocycles. The summed E-state index contributed by atoms with van der Waals surface area (Å²) < 4.78 is 5.41. The van der Waals surface area contributed by atoms with Gasteiger partial charge >= 0.3 is 0 Å². The Morgan fingerprint density at radius 3 is 2.57 bits per heavy atom. The van der Waals surface area contributed by atoms with E-state index in [2.05, 4.69) is 0 Å². The molecule has 2 fully saturated rings. The second-order valence-electron chi connectivity index (χ2n) is 6.40. The number of ether oxygens (including phenoxy) is 1. The Labute approximate surface area is 135 Å². The second-order valence-corrected chi connectivity index (χ2v) is 6.40. The van der Waals surface area contributed by atoms with Gasteiger partial charge < -0.3 is 15.4 Å². The van der Waals surface area contributed by atoms with Crippen LogP contribution in [0.1, 0.15) is 57.8 Å². The average molecular weight is 319 g/mol. The number of halogens is 1. The predicted octanol–water partition coefficient (Wildman–Crippen LogP) is 2.73. The molecule has 1 amide bonds. The van der Waals surface area contributed by atoms with E-state index < -0.39 is 0 Å². The molecule has 2 atom stereocenters. The van der Waals surface area contributed by atoms with Crippen LogP contribution in [0.5, 0.6) is 0 Å². The molecule has 2 rings (SSSR count). The highest BCUT2D eigenvalue weighted by Gasteiger charge is 2.30. The summed E-state index contributed by atoms with van der Waals surface area (Å²) in [5, 5.41) is 0. The minimum absolute atomic E-state index is 0. The predicted molar refractivity (Wildman–Crippen MR) is 87.6 cm³/mol. The first kappa shape index (κ1) is 18.7. The first-order valence-electron chi connectivity index (χ1n) is 8.27. The summed E-state index contributed by atoms with van der Waals surface area (Å²) in [6.45, 7) is 1.36. The number of amides is 1. The molecule has 1 saturated carbocycles. The zero-order valence-electron chi connectivity index (χ0n) is 13.3. The summed E-state index contributed by atoms with van der Waals surface area (Å²) in [5.41, 5.74) is 5.84. The minimum atomic E-state index is 0. The summed E-state index contributed by atoms with van der Waals surface area (Å²) in [7, 11) is 1.75. The molecule has 1 saturated heterocycles. The monoisotopic (exact) mass is 318 g/mol. The molecule has 1 aliphatic heterocycles. The Bertz CT molecular complexity index is 309. The average Bonchev–Trinajstić information content (AvgIpc) is 2.52. The lowest BCUT2D eigenvalue weighted by molar-refractivity contribution is -0.137. The maximum atomic E-state index is 12.4. The molecule has 4 nitrogen and oxygen atoms in total. The maximum absolute atomic E-state index is 12.4. The van der Waals surface area contributed by atoms with Gasteiger partial charge in [0.1, 0.15) is 0 Å². The van der Waals surface area contributed by atoms with Gasteiger partial charge in [-0.3, -0.25) is 4.79 Å². The van der Waals surface area contributed by atoms with E-state index >= 15 is 0 Å². The maximum Gasteiger partial charge on any atom is 0.222 e. The lowest BCUT2D eigenvalue weighted by Crippen LogP contribution is -2.51. The highest BCUT2D eigenvalue weighted by Crippen LogP contribution is 2.28. The van der Waals surface area contributed by atoms with Crippen LogP contribution in [0.25, 0.3) is 0 Å². The summed E-state index contributed by atoms with van der Waals surface area (Å²) in [4.78, 5) is 14.4. The van der Waals surface area contributed by atoms with Crippen molar-refractivity contribution < 1.29 is 9.53 Å². The van der Waals surface area contributed by atoms with E-state index in [9.17, 15) is 4.79 Å². The summed E-state index contributed by atoms with van der Waals surface area (Å²) >= 11 is 0. The van der Waals surface area contributed by atoms with Crippen LogP contribution in [0.3, 0.4) is 0 Å². The van der Waals surface area contributed by atoms with Crippen molar-refractivity contribution in [2.45, 2.75) is 69.9 Å². The van der Waals surface area contributed by atoms with Crippen molar-refractivity contribution in [1.82, 2.24) is 4.90 Å². The van der Waals surface area contributed by atoms with Gasteiger partial charge in [-0.15, -0.1) is 12.4 Å². The first-order valence-corrected chi connectivity index (χ1v) is 8.27. The molecule has 0 aromatic heterocycles. The number of piperidine rings is 1. The number of hydrogen-bond acceptors (Lipinski definition) is 3. The lowest BCUT2D eigenvalue weighted by Gasteiger charge is -2.38. The Morgan fingerprint density at radius 2 is 1.95 bits per heavy atom. The molecule has 2 aliphatic rings. The number of likely N-dealkylation sites (tertiary alicyclic amines) is 1. The number of hydrogen-bond donors (Lipinski definition) is 1. The fourth-order valence-corrected chi connectivity index (χ4v) is 3.73. The fraction of sp³-hybridized carbons (Fsp3) is 0.938. The molecule has 0 bridgehead atoms. The third-order valence-electron chi connectivity index (χ3n) is 5.08. The van der Waals surface area contributed by atoms with Crippen molar-refractivity contribution in [2.75, 3.05) is 20.2 Å². The SMILES string of the molecule is COC1CCN(C(=O)CCC2CCCCC2)C(CN)C1.Cl. The van der Waals surface area contributed by atoms with Gasteiger partial charge in [0.15, 0.2) is 0 Å². The van der Waals surface area contributed by atoms with Crippen LogP contribution in [0.4, 0.5) is 0 Å². The lowest BCUT2D eigenvalue weighted by atomic mass is 9.86. The normalized spacial score (nSPS) is 27.2. The van der Waals surface area contributed by atoms with Crippen LogP contribution in [0.2, 0.25) is 0 Å². The molecular formula is C16H31ClN2O2. The standard InChI is InChI=1S/C16H30N2O2.ClH/c1-20-15-9-10-18(14(11-15)12-17)16(19)8-7-13-5-3-2-4-6-13;/h13-15H,2-12,17H2,1H3;1H. The molecule has 0 aromatic rings. The zero-order valence-corrected chi connectivity index (χ0v) is 14.1. The summed E-state index contributed by atoms with van der Waals surface area (Å²) in [6, 6.07) is 0.174. The second kappa shape index (κ2) is 9.65. The first-order chi connectivity index (χ1) is 9.74. The van der Waals surface area contributed by atoms with Crippen LogP contribution in [-0.4, -0.2) is 43.2 Å². The largest absolute Gasteiger partial charge is 0.381 e. The van der Waals surface area contributed by atoms with Crippen LogP contribution >= 0.6 is 12.4 Å². The van der Waals surface area contributed by atoms with Crippen LogP contribution in [0, 0.1) is 5.92 Å². The van der Waals surface area contributed by atoms with E-state index in [-0.39, 0.29) is 24.6 Å². The van der Waals surface area contributed by atoms with E-state index in [1.54, 1.807) is 7.11 Å². The van der Waals surface area contributed by atoms with E-state index in [0.29, 0.717) is 18.9 Å². The van der Waals surface area contributed by atoms with Gasteiger partial charge in [-0.05, 0) is 25.2 Å². The molecule has 1 aliphatic carbocycles. The van der Waals surface area contributed by atoms with E-state index in [1.807, 2.05) is 4.90 Å². The smallest absolute Gasteiger partial charge is 0.222 e. The van der Waals surface area contributed by atoms with Crippen LogP contribution < -0.4 is 5.73 Å². The topological polar surface area (TPSA) is 55.6 Å². The van der Waals surface area contributed by atoms with Crippen LogP contribution in [-0.2, 0) is 9.53 Å². The Hall–Kier alpha value is -0.320. The molecule has 2 N–H and O–H groups in total. The van der Waals surface area contributed by atoms with Crippen molar-refractivity contribution in [2.24, 2.45) is 11.7 Å². The number of methoxy groups -OCH3 is 1. The van der Waals surface area contributed by atoms with Crippen molar-refractivity contribution in [1.29, 1.82) is 0 Å². The van der Waals surface area contributed by atoms with E-state index in [1.165, 1.54) is 32.1 Å². The van der Waals surface area contributed by atoms with Gasteiger partial charge in [0.25, 0.3) is 0 Å². The van der Waals surface area contributed by atoms with Gasteiger partial charge in [0.05, 0.1) is 6.10 Å². The Morgan fingerprint density at radius 1 is 1.24 bits per heavy atom. The number of nitrogens with two attached hydrogens (primary N) is 1. The van der Waals surface area contributed by atoms with Crippen molar-refractivity contribution in [3.05, 3.63) is 0 Å². The Balaban J connectivity index is 0.00000220. The van der Waals surface area contributed by atoms with Gasteiger partial charge in [-0.25, -0.2) is 0 Å². The van der Waals surface area contributed by atoms with Crippen molar-refractivity contribution >= 4 is 18.3 Å². The molecule has 124 valence electrons. The molecule has 0 spiro atoms. The van der Waals surface area contributed by atoms with Gasteiger partial charge in [0, 0.05) is 32.7 Å². The van der Waals surface area contributed by atoms with Gasteiger partial charge in [-0.1, -0.05) is 32.1 Å². The molecule has 2 unspecified atom stereocenters. The third-order valence-corrected chi connectivity index (χ3v) is 5.08. The summed E-state index contributed by atoms with van der Waals surface area (Å²) in [6.07, 6.45) is 10.6.